The maximum absolute atomic E-state index is 6.76. The van der Waals surface area contributed by atoms with Crippen molar-refractivity contribution in [2.24, 2.45) is 0 Å². The molecule has 2 aliphatic rings. The van der Waals surface area contributed by atoms with Crippen molar-refractivity contribution in [3.63, 3.8) is 0 Å². The predicted octanol–water partition coefficient (Wildman–Crippen LogP) is 11.8. The molecule has 238 valence electrons. The zero-order chi connectivity index (χ0) is 33.5. The van der Waals surface area contributed by atoms with E-state index in [1.54, 1.807) is 0 Å². The fraction of sp³-hybridized carbons (Fsp3) is 0.0213. The summed E-state index contributed by atoms with van der Waals surface area (Å²) in [6, 6.07) is 59.2. The number of furan rings is 1. The molecule has 1 aliphatic carbocycles. The summed E-state index contributed by atoms with van der Waals surface area (Å²) in [5.41, 5.74) is 12.9. The van der Waals surface area contributed by atoms with Crippen LogP contribution in [0.4, 0.5) is 0 Å². The van der Waals surface area contributed by atoms with Crippen molar-refractivity contribution < 1.29 is 9.15 Å². The van der Waals surface area contributed by atoms with Gasteiger partial charge in [-0.15, -0.1) is 0 Å². The van der Waals surface area contributed by atoms with Crippen molar-refractivity contribution in [2.75, 3.05) is 0 Å². The van der Waals surface area contributed by atoms with Gasteiger partial charge in [0.15, 0.2) is 5.82 Å². The Morgan fingerprint density at radius 2 is 1.10 bits per heavy atom. The minimum atomic E-state index is -0.643. The molecule has 51 heavy (non-hydrogen) atoms. The highest BCUT2D eigenvalue weighted by Gasteiger charge is 2.52. The Morgan fingerprint density at radius 1 is 0.431 bits per heavy atom. The first kappa shape index (κ1) is 28.1. The second-order valence-corrected chi connectivity index (χ2v) is 13.3. The van der Waals surface area contributed by atoms with E-state index < -0.39 is 5.41 Å². The smallest absolute Gasteiger partial charge is 0.160 e. The van der Waals surface area contributed by atoms with Crippen LogP contribution in [0.1, 0.15) is 22.3 Å². The monoisotopic (exact) mass is 652 g/mol. The van der Waals surface area contributed by atoms with Crippen molar-refractivity contribution in [1.29, 1.82) is 0 Å². The highest BCUT2D eigenvalue weighted by atomic mass is 16.5. The van der Waals surface area contributed by atoms with E-state index in [0.717, 1.165) is 72.6 Å². The third-order valence-electron chi connectivity index (χ3n) is 10.6. The van der Waals surface area contributed by atoms with Gasteiger partial charge in [-0.2, -0.15) is 0 Å². The maximum atomic E-state index is 6.76. The van der Waals surface area contributed by atoms with Crippen LogP contribution in [-0.4, -0.2) is 9.97 Å². The van der Waals surface area contributed by atoms with Crippen LogP contribution in [0.2, 0.25) is 0 Å². The average Bonchev–Trinajstić information content (AvgIpc) is 3.72. The standard InChI is InChI=1S/C47H28N2O2/c1-3-13-29(14-4-1)38-28-39(49-46(48-38)30-15-5-2-6-16-30)31-23-25-42-37(27-31)47(35-20-10-12-22-41(35)51-42)34-19-9-7-17-32(34)44-36(47)24-26-43-45(44)33-18-8-11-21-40(33)50-43/h1-28H. The number of hydrogen-bond donors (Lipinski definition) is 0. The Kier molecular flexibility index (Phi) is 5.84. The zero-order valence-electron chi connectivity index (χ0n) is 27.4. The highest BCUT2D eigenvalue weighted by Crippen LogP contribution is 2.63. The molecule has 1 unspecified atom stereocenters. The molecule has 7 aromatic carbocycles. The summed E-state index contributed by atoms with van der Waals surface area (Å²) in [7, 11) is 0. The van der Waals surface area contributed by atoms with Crippen LogP contribution < -0.4 is 4.74 Å². The van der Waals surface area contributed by atoms with E-state index >= 15 is 0 Å². The van der Waals surface area contributed by atoms with E-state index in [0.29, 0.717) is 5.82 Å². The Bertz CT molecular complexity index is 2780. The first-order chi connectivity index (χ1) is 25.3. The molecule has 11 rings (SSSR count). The molecule has 3 heterocycles. The Morgan fingerprint density at radius 3 is 1.94 bits per heavy atom. The van der Waals surface area contributed by atoms with Crippen LogP contribution in [0.5, 0.6) is 11.5 Å². The first-order valence-corrected chi connectivity index (χ1v) is 17.2. The molecule has 0 fully saturated rings. The van der Waals surface area contributed by atoms with E-state index in [2.05, 4.69) is 127 Å². The fourth-order valence-electron chi connectivity index (χ4n) is 8.43. The molecule has 2 aromatic heterocycles. The molecule has 9 aromatic rings. The number of aromatic nitrogens is 2. The van der Waals surface area contributed by atoms with Crippen molar-refractivity contribution in [3.8, 4) is 56.5 Å². The van der Waals surface area contributed by atoms with Crippen LogP contribution in [0, 0.1) is 0 Å². The van der Waals surface area contributed by atoms with E-state index in [-0.39, 0.29) is 0 Å². The van der Waals surface area contributed by atoms with Crippen LogP contribution in [0.3, 0.4) is 0 Å². The number of hydrogen-bond acceptors (Lipinski definition) is 4. The lowest BCUT2D eigenvalue weighted by Gasteiger charge is -2.39. The van der Waals surface area contributed by atoms with Crippen molar-refractivity contribution >= 4 is 21.9 Å². The zero-order valence-corrected chi connectivity index (χ0v) is 27.4. The molecule has 0 bridgehead atoms. The van der Waals surface area contributed by atoms with Gasteiger partial charge in [0.2, 0.25) is 0 Å². The minimum absolute atomic E-state index is 0.643. The van der Waals surface area contributed by atoms with Gasteiger partial charge in [0.25, 0.3) is 0 Å². The molecule has 0 saturated carbocycles. The maximum Gasteiger partial charge on any atom is 0.160 e. The Balaban J connectivity index is 1.22. The van der Waals surface area contributed by atoms with E-state index in [9.17, 15) is 0 Å². The van der Waals surface area contributed by atoms with Crippen LogP contribution in [-0.2, 0) is 5.41 Å². The third kappa shape index (κ3) is 3.96. The van der Waals surface area contributed by atoms with Gasteiger partial charge in [-0.1, -0.05) is 127 Å². The highest BCUT2D eigenvalue weighted by molar-refractivity contribution is 6.15. The van der Waals surface area contributed by atoms with Crippen LogP contribution in [0.15, 0.2) is 174 Å². The number of benzene rings is 7. The van der Waals surface area contributed by atoms with Gasteiger partial charge in [0, 0.05) is 38.6 Å². The number of fused-ring (bicyclic) bond motifs is 13. The quantitative estimate of drug-likeness (QED) is 0.191. The Labute approximate surface area is 294 Å². The lowest BCUT2D eigenvalue weighted by Crippen LogP contribution is -2.32. The second kappa shape index (κ2) is 10.6. The van der Waals surface area contributed by atoms with Crippen LogP contribution >= 0.6 is 0 Å². The minimum Gasteiger partial charge on any atom is -0.457 e. The van der Waals surface area contributed by atoms with Crippen molar-refractivity contribution in [3.05, 3.63) is 192 Å². The third-order valence-corrected chi connectivity index (χ3v) is 10.6. The molecule has 1 spiro atoms. The summed E-state index contributed by atoms with van der Waals surface area (Å²) in [6.07, 6.45) is 0. The molecule has 0 N–H and O–H groups in total. The van der Waals surface area contributed by atoms with Crippen molar-refractivity contribution in [2.45, 2.75) is 5.41 Å². The molecular weight excluding hydrogens is 625 g/mol. The summed E-state index contributed by atoms with van der Waals surface area (Å²) in [5, 5.41) is 2.26. The first-order valence-electron chi connectivity index (χ1n) is 17.2. The molecule has 4 nitrogen and oxygen atoms in total. The Hall–Kier alpha value is -6.78. The molecule has 4 heteroatoms. The van der Waals surface area contributed by atoms with Gasteiger partial charge in [-0.05, 0) is 64.7 Å². The molecular formula is C47H28N2O2. The van der Waals surface area contributed by atoms with Crippen LogP contribution in [0.25, 0.3) is 67.0 Å². The molecule has 0 saturated heterocycles. The van der Waals surface area contributed by atoms with Gasteiger partial charge in [0.1, 0.15) is 22.7 Å². The topological polar surface area (TPSA) is 48.2 Å². The fourth-order valence-corrected chi connectivity index (χ4v) is 8.43. The van der Waals surface area contributed by atoms with Gasteiger partial charge in [0.05, 0.1) is 16.8 Å². The number of nitrogens with zero attached hydrogens (tertiary/aromatic N) is 2. The second-order valence-electron chi connectivity index (χ2n) is 13.3. The van der Waals surface area contributed by atoms with E-state index in [4.69, 9.17) is 19.1 Å². The normalized spacial score (nSPS) is 15.3. The molecule has 1 atom stereocenters. The number of para-hydroxylation sites is 2. The summed E-state index contributed by atoms with van der Waals surface area (Å²) < 4.78 is 13.2. The number of rotatable bonds is 3. The molecule has 0 radical (unpaired) electrons. The van der Waals surface area contributed by atoms with Gasteiger partial charge < -0.3 is 9.15 Å². The lowest BCUT2D eigenvalue weighted by molar-refractivity contribution is 0.436. The lowest BCUT2D eigenvalue weighted by atomic mass is 9.65. The van der Waals surface area contributed by atoms with Crippen molar-refractivity contribution in [1.82, 2.24) is 9.97 Å². The van der Waals surface area contributed by atoms with E-state index in [1.807, 2.05) is 42.5 Å². The molecule has 1 aliphatic heterocycles. The van der Waals surface area contributed by atoms with Gasteiger partial charge in [-0.3, -0.25) is 0 Å². The summed E-state index contributed by atoms with van der Waals surface area (Å²) in [4.78, 5) is 10.3. The SMILES string of the molecule is c1ccc(-c2cc(-c3ccc4c(c3)C3(c5ccccc5O4)c4ccccc4-c4c3ccc3oc5ccccc5c43)nc(-c3ccccc3)n2)cc1. The molecule has 0 amide bonds. The largest absolute Gasteiger partial charge is 0.457 e. The van der Waals surface area contributed by atoms with E-state index in [1.165, 1.54) is 22.3 Å². The number of ether oxygens (including phenoxy) is 1. The van der Waals surface area contributed by atoms with Gasteiger partial charge >= 0.3 is 0 Å². The predicted molar refractivity (Wildman–Crippen MR) is 203 cm³/mol. The van der Waals surface area contributed by atoms with Gasteiger partial charge in [-0.25, -0.2) is 9.97 Å². The summed E-state index contributed by atoms with van der Waals surface area (Å²) >= 11 is 0. The summed E-state index contributed by atoms with van der Waals surface area (Å²) in [6.45, 7) is 0. The average molecular weight is 653 g/mol. The summed E-state index contributed by atoms with van der Waals surface area (Å²) in [5.74, 6) is 2.38.